The maximum absolute atomic E-state index is 13.1. The molecule has 6 rings (SSSR count). The lowest BCUT2D eigenvalue weighted by molar-refractivity contribution is -0.157. The van der Waals surface area contributed by atoms with E-state index in [9.17, 15) is 15.0 Å². The number of aromatic nitrogens is 2. The van der Waals surface area contributed by atoms with E-state index in [-0.39, 0.29) is 42.4 Å². The molecule has 9 heteroatoms. The van der Waals surface area contributed by atoms with E-state index in [4.69, 9.17) is 9.47 Å². The van der Waals surface area contributed by atoms with Crippen LogP contribution in [-0.4, -0.2) is 69.5 Å². The Morgan fingerprint density at radius 2 is 1.67 bits per heavy atom. The van der Waals surface area contributed by atoms with Crippen LogP contribution in [0.1, 0.15) is 68.3 Å². The average Bonchev–Trinajstić information content (AvgIpc) is 3.60. The Hall–Kier alpha value is -2.78. The minimum absolute atomic E-state index is 0.0494. The zero-order chi connectivity index (χ0) is 24.6. The van der Waals surface area contributed by atoms with Crippen LogP contribution in [0, 0.1) is 5.92 Å². The highest BCUT2D eigenvalue weighted by atomic mass is 16.5. The van der Waals surface area contributed by atoms with E-state index < -0.39 is 6.10 Å². The number of aromatic hydroxyl groups is 2. The van der Waals surface area contributed by atoms with Gasteiger partial charge in [0.25, 0.3) is 0 Å². The summed E-state index contributed by atoms with van der Waals surface area (Å²) in [5.74, 6) is 0.880. The van der Waals surface area contributed by atoms with E-state index in [1.807, 2.05) is 24.4 Å². The molecule has 2 aromatic rings. The second-order valence-electron chi connectivity index (χ2n) is 10.6. The number of esters is 1. The summed E-state index contributed by atoms with van der Waals surface area (Å²) in [5, 5.41) is 22.0. The Balaban J connectivity index is 1.17. The van der Waals surface area contributed by atoms with Crippen LogP contribution in [0.4, 0.5) is 5.82 Å². The van der Waals surface area contributed by atoms with Crippen LogP contribution in [0.15, 0.2) is 24.4 Å². The number of hydrogen-bond acceptors (Lipinski definition) is 8. The molecular weight excluding hydrogens is 460 g/mol. The SMILES string of the molecule is O=C(OC(CN1CCN(c2ccccn2)CC1)Cn1c(O)c2c(c1O)C1CCC2O1)C1CCCCC1. The molecule has 2 aromatic heterocycles. The molecule has 1 aliphatic carbocycles. The fraction of sp³-hybridized carbons (Fsp3) is 0.630. The van der Waals surface area contributed by atoms with Crippen LogP contribution in [0.25, 0.3) is 0 Å². The highest BCUT2D eigenvalue weighted by molar-refractivity contribution is 5.72. The van der Waals surface area contributed by atoms with Crippen molar-refractivity contribution in [2.75, 3.05) is 37.6 Å². The van der Waals surface area contributed by atoms with Gasteiger partial charge in [-0.25, -0.2) is 4.98 Å². The molecule has 2 N–H and O–H groups in total. The van der Waals surface area contributed by atoms with Crippen molar-refractivity contribution in [1.82, 2.24) is 14.5 Å². The molecule has 3 fully saturated rings. The molecule has 0 radical (unpaired) electrons. The van der Waals surface area contributed by atoms with Gasteiger partial charge in [0.1, 0.15) is 11.9 Å². The van der Waals surface area contributed by atoms with Crippen molar-refractivity contribution in [3.8, 4) is 11.8 Å². The molecule has 0 spiro atoms. The van der Waals surface area contributed by atoms with Crippen molar-refractivity contribution in [2.24, 2.45) is 5.92 Å². The summed E-state index contributed by atoms with van der Waals surface area (Å²) >= 11 is 0. The Labute approximate surface area is 211 Å². The van der Waals surface area contributed by atoms with Gasteiger partial charge in [0, 0.05) is 38.9 Å². The maximum atomic E-state index is 13.1. The van der Waals surface area contributed by atoms with Gasteiger partial charge < -0.3 is 24.6 Å². The van der Waals surface area contributed by atoms with Gasteiger partial charge >= 0.3 is 5.97 Å². The summed E-state index contributed by atoms with van der Waals surface area (Å²) in [6.45, 7) is 4.12. The van der Waals surface area contributed by atoms with Crippen molar-refractivity contribution in [3.63, 3.8) is 0 Å². The highest BCUT2D eigenvalue weighted by Gasteiger charge is 2.45. The molecular formula is C27H36N4O5. The Bertz CT molecular complexity index is 1040. The first-order valence-corrected chi connectivity index (χ1v) is 13.5. The van der Waals surface area contributed by atoms with Crippen LogP contribution < -0.4 is 4.90 Å². The molecule has 194 valence electrons. The second kappa shape index (κ2) is 9.94. The lowest BCUT2D eigenvalue weighted by Gasteiger charge is -2.37. The number of nitrogens with zero attached hydrogens (tertiary/aromatic N) is 4. The van der Waals surface area contributed by atoms with Crippen molar-refractivity contribution in [2.45, 2.75) is 69.8 Å². The molecule has 4 aliphatic rings. The summed E-state index contributed by atoms with van der Waals surface area (Å²) in [6.07, 6.45) is 7.81. The van der Waals surface area contributed by atoms with Crippen LogP contribution in [0.3, 0.4) is 0 Å². The van der Waals surface area contributed by atoms with Crippen molar-refractivity contribution >= 4 is 11.8 Å². The molecule has 9 nitrogen and oxygen atoms in total. The van der Waals surface area contributed by atoms with Gasteiger partial charge in [-0.2, -0.15) is 0 Å². The minimum Gasteiger partial charge on any atom is -0.494 e. The molecule has 0 amide bonds. The van der Waals surface area contributed by atoms with E-state index in [1.165, 1.54) is 11.0 Å². The van der Waals surface area contributed by atoms with Crippen LogP contribution >= 0.6 is 0 Å². The Morgan fingerprint density at radius 3 is 2.31 bits per heavy atom. The largest absolute Gasteiger partial charge is 0.494 e. The van der Waals surface area contributed by atoms with Gasteiger partial charge in [0.15, 0.2) is 11.8 Å². The van der Waals surface area contributed by atoms with E-state index >= 15 is 0 Å². The molecule has 5 heterocycles. The van der Waals surface area contributed by atoms with Crippen LogP contribution in [-0.2, 0) is 20.8 Å². The average molecular weight is 497 g/mol. The van der Waals surface area contributed by atoms with Crippen LogP contribution in [0.5, 0.6) is 11.8 Å². The molecule has 3 aliphatic heterocycles. The first kappa shape index (κ1) is 23.6. The van der Waals surface area contributed by atoms with Crippen molar-refractivity contribution < 1.29 is 24.5 Å². The van der Waals surface area contributed by atoms with E-state index in [0.29, 0.717) is 17.7 Å². The third kappa shape index (κ3) is 4.43. The molecule has 3 unspecified atom stereocenters. The smallest absolute Gasteiger partial charge is 0.309 e. The van der Waals surface area contributed by atoms with E-state index in [2.05, 4.69) is 14.8 Å². The zero-order valence-corrected chi connectivity index (χ0v) is 20.7. The number of ether oxygens (including phenoxy) is 2. The van der Waals surface area contributed by atoms with E-state index in [1.54, 1.807) is 0 Å². The molecule has 2 saturated heterocycles. The summed E-state index contributed by atoms with van der Waals surface area (Å²) in [5.41, 5.74) is 1.43. The number of fused-ring (bicyclic) bond motifs is 5. The third-order valence-corrected chi connectivity index (χ3v) is 8.36. The fourth-order valence-corrected chi connectivity index (χ4v) is 6.42. The first-order chi connectivity index (χ1) is 17.6. The first-order valence-electron chi connectivity index (χ1n) is 13.5. The number of piperazine rings is 1. The quantitative estimate of drug-likeness (QED) is 0.562. The third-order valence-electron chi connectivity index (χ3n) is 8.36. The fourth-order valence-electron chi connectivity index (χ4n) is 6.42. The topological polar surface area (TPSA) is 100 Å². The summed E-state index contributed by atoms with van der Waals surface area (Å²) in [6, 6.07) is 5.95. The summed E-state index contributed by atoms with van der Waals surface area (Å²) in [7, 11) is 0. The highest BCUT2D eigenvalue weighted by Crippen LogP contribution is 2.57. The van der Waals surface area contributed by atoms with Gasteiger partial charge in [0.2, 0.25) is 0 Å². The minimum atomic E-state index is -0.469. The monoisotopic (exact) mass is 496 g/mol. The molecule has 2 bridgehead atoms. The summed E-state index contributed by atoms with van der Waals surface area (Å²) in [4.78, 5) is 22.1. The molecule has 1 saturated carbocycles. The van der Waals surface area contributed by atoms with Gasteiger partial charge in [-0.15, -0.1) is 0 Å². The second-order valence-corrected chi connectivity index (χ2v) is 10.6. The standard InChI is InChI=1S/C27H36N4O5/c32-25-23-20-9-10-21(36-20)24(23)26(33)31(25)17-19(35-27(34)18-6-2-1-3-7-18)16-29-12-14-30(15-13-29)22-8-4-5-11-28-22/h4-5,8,11,18-21,32-33H,1-3,6-7,9-10,12-17H2. The van der Waals surface area contributed by atoms with Gasteiger partial charge in [-0.05, 0) is 37.8 Å². The number of carbonyl (C=O) groups excluding carboxylic acids is 1. The Kier molecular flexibility index (Phi) is 6.52. The number of pyridine rings is 1. The number of rotatable bonds is 7. The lowest BCUT2D eigenvalue weighted by Crippen LogP contribution is -2.50. The zero-order valence-electron chi connectivity index (χ0n) is 20.7. The predicted molar refractivity (Wildman–Crippen MR) is 133 cm³/mol. The lowest BCUT2D eigenvalue weighted by atomic mass is 9.89. The Morgan fingerprint density at radius 1 is 0.972 bits per heavy atom. The molecule has 3 atom stereocenters. The number of anilines is 1. The number of carbonyl (C=O) groups is 1. The van der Waals surface area contributed by atoms with Crippen molar-refractivity contribution in [1.29, 1.82) is 0 Å². The van der Waals surface area contributed by atoms with E-state index in [0.717, 1.165) is 70.5 Å². The van der Waals surface area contributed by atoms with Crippen molar-refractivity contribution in [3.05, 3.63) is 35.5 Å². The normalized spacial score (nSPS) is 25.2. The van der Waals surface area contributed by atoms with Gasteiger partial charge in [0.05, 0.1) is 35.8 Å². The molecule has 36 heavy (non-hydrogen) atoms. The summed E-state index contributed by atoms with van der Waals surface area (Å²) < 4.78 is 13.5. The predicted octanol–water partition coefficient (Wildman–Crippen LogP) is 3.51. The number of hydrogen-bond donors (Lipinski definition) is 2. The van der Waals surface area contributed by atoms with Crippen LogP contribution in [0.2, 0.25) is 0 Å². The maximum Gasteiger partial charge on any atom is 0.309 e. The van der Waals surface area contributed by atoms with Gasteiger partial charge in [-0.1, -0.05) is 25.3 Å². The van der Waals surface area contributed by atoms with Gasteiger partial charge in [-0.3, -0.25) is 14.3 Å². The molecule has 0 aromatic carbocycles.